The normalized spacial score (nSPS) is 11.1. The van der Waals surface area contributed by atoms with Gasteiger partial charge in [0, 0.05) is 30.8 Å². The van der Waals surface area contributed by atoms with Crippen molar-refractivity contribution in [2.24, 2.45) is 7.05 Å². The second-order valence-electron chi connectivity index (χ2n) is 6.73. The predicted molar refractivity (Wildman–Crippen MR) is 105 cm³/mol. The maximum absolute atomic E-state index is 12.3. The Labute approximate surface area is 161 Å². The molecule has 0 fully saturated rings. The minimum atomic E-state index is -0.141. The Balaban J connectivity index is 1.38. The smallest absolute Gasteiger partial charge is 0.227 e. The molecular formula is C20H20N6O2. The van der Waals surface area contributed by atoms with Gasteiger partial charge in [-0.1, -0.05) is 35.0 Å². The first-order valence-electron chi connectivity index (χ1n) is 8.98. The fraction of sp³-hybridized carbons (Fsp3) is 0.250. The second kappa shape index (κ2) is 7.22. The molecule has 142 valence electrons. The molecule has 1 N–H and O–H groups in total. The van der Waals surface area contributed by atoms with Gasteiger partial charge in [-0.05, 0) is 19.9 Å². The number of rotatable bonds is 5. The molecule has 4 rings (SSSR count). The Morgan fingerprint density at radius 1 is 1.21 bits per heavy atom. The summed E-state index contributed by atoms with van der Waals surface area (Å²) in [6, 6.07) is 9.76. The SMILES string of the molecule is Cc1ccc(-c2noc(CCC(=O)Nc3cnc4c(c3)c(C)nn4C)n2)cc1. The van der Waals surface area contributed by atoms with Gasteiger partial charge in [-0.2, -0.15) is 10.1 Å². The van der Waals surface area contributed by atoms with E-state index in [0.29, 0.717) is 23.8 Å². The van der Waals surface area contributed by atoms with Crippen molar-refractivity contribution in [1.82, 2.24) is 24.9 Å². The van der Waals surface area contributed by atoms with Crippen molar-refractivity contribution >= 4 is 22.6 Å². The van der Waals surface area contributed by atoms with Crippen molar-refractivity contribution in [3.8, 4) is 11.4 Å². The first kappa shape index (κ1) is 17.8. The maximum Gasteiger partial charge on any atom is 0.227 e. The van der Waals surface area contributed by atoms with E-state index in [1.807, 2.05) is 51.2 Å². The molecule has 1 aromatic carbocycles. The molecule has 0 radical (unpaired) electrons. The van der Waals surface area contributed by atoms with Crippen molar-refractivity contribution < 1.29 is 9.32 Å². The van der Waals surface area contributed by atoms with E-state index < -0.39 is 0 Å². The van der Waals surface area contributed by atoms with Gasteiger partial charge in [0.25, 0.3) is 0 Å². The van der Waals surface area contributed by atoms with Crippen LogP contribution in [0.1, 0.15) is 23.6 Å². The molecule has 3 heterocycles. The van der Waals surface area contributed by atoms with E-state index in [4.69, 9.17) is 4.52 Å². The molecule has 8 nitrogen and oxygen atoms in total. The quantitative estimate of drug-likeness (QED) is 0.574. The third-order valence-corrected chi connectivity index (χ3v) is 4.49. The summed E-state index contributed by atoms with van der Waals surface area (Å²) in [4.78, 5) is 21.0. The number of hydrogen-bond acceptors (Lipinski definition) is 6. The number of fused-ring (bicyclic) bond motifs is 1. The average Bonchev–Trinajstić information content (AvgIpc) is 3.26. The number of carbonyl (C=O) groups is 1. The molecule has 0 aliphatic heterocycles. The maximum atomic E-state index is 12.3. The number of carbonyl (C=O) groups excluding carboxylic acids is 1. The number of aromatic nitrogens is 5. The average molecular weight is 376 g/mol. The van der Waals surface area contributed by atoms with E-state index in [1.165, 1.54) is 5.56 Å². The lowest BCUT2D eigenvalue weighted by Gasteiger charge is -2.04. The number of nitrogens with one attached hydrogen (secondary N) is 1. The number of aryl methyl sites for hydroxylation is 4. The minimum absolute atomic E-state index is 0.141. The van der Waals surface area contributed by atoms with Gasteiger partial charge in [-0.25, -0.2) is 4.98 Å². The predicted octanol–water partition coefficient (Wildman–Crippen LogP) is 3.21. The zero-order valence-corrected chi connectivity index (χ0v) is 15.9. The molecule has 0 aliphatic carbocycles. The van der Waals surface area contributed by atoms with E-state index in [1.54, 1.807) is 10.9 Å². The summed E-state index contributed by atoms with van der Waals surface area (Å²) in [6.45, 7) is 3.93. The van der Waals surface area contributed by atoms with Crippen molar-refractivity contribution in [3.05, 3.63) is 53.7 Å². The molecule has 0 bridgehead atoms. The van der Waals surface area contributed by atoms with Crippen LogP contribution in [0.3, 0.4) is 0 Å². The summed E-state index contributed by atoms with van der Waals surface area (Å²) >= 11 is 0. The molecule has 0 aliphatic rings. The number of anilines is 1. The van der Waals surface area contributed by atoms with Crippen LogP contribution >= 0.6 is 0 Å². The van der Waals surface area contributed by atoms with Crippen LogP contribution in [0.25, 0.3) is 22.4 Å². The second-order valence-corrected chi connectivity index (χ2v) is 6.73. The number of pyridine rings is 1. The molecule has 0 saturated carbocycles. The summed E-state index contributed by atoms with van der Waals surface area (Å²) in [7, 11) is 1.84. The van der Waals surface area contributed by atoms with Crippen molar-refractivity contribution in [3.63, 3.8) is 0 Å². The number of hydrogen-bond donors (Lipinski definition) is 1. The molecule has 3 aromatic heterocycles. The molecule has 4 aromatic rings. The zero-order valence-electron chi connectivity index (χ0n) is 15.9. The molecule has 0 saturated heterocycles. The highest BCUT2D eigenvalue weighted by molar-refractivity contribution is 5.93. The van der Waals surface area contributed by atoms with Crippen molar-refractivity contribution in [1.29, 1.82) is 0 Å². The first-order chi connectivity index (χ1) is 13.5. The number of amides is 1. The van der Waals surface area contributed by atoms with Crippen LogP contribution in [-0.2, 0) is 18.3 Å². The molecular weight excluding hydrogens is 356 g/mol. The Kier molecular flexibility index (Phi) is 4.60. The van der Waals surface area contributed by atoms with Crippen LogP contribution in [0.4, 0.5) is 5.69 Å². The van der Waals surface area contributed by atoms with Crippen LogP contribution in [0.15, 0.2) is 41.1 Å². The lowest BCUT2D eigenvalue weighted by Crippen LogP contribution is -2.12. The fourth-order valence-electron chi connectivity index (χ4n) is 3.00. The molecule has 0 atom stereocenters. The van der Waals surface area contributed by atoms with E-state index >= 15 is 0 Å². The van der Waals surface area contributed by atoms with E-state index in [-0.39, 0.29) is 12.3 Å². The van der Waals surface area contributed by atoms with Gasteiger partial charge in [0.15, 0.2) is 5.65 Å². The molecule has 8 heteroatoms. The molecule has 1 amide bonds. The third-order valence-electron chi connectivity index (χ3n) is 4.49. The highest BCUT2D eigenvalue weighted by Gasteiger charge is 2.12. The summed E-state index contributed by atoms with van der Waals surface area (Å²) < 4.78 is 6.98. The van der Waals surface area contributed by atoms with Crippen LogP contribution in [-0.4, -0.2) is 30.8 Å². The lowest BCUT2D eigenvalue weighted by molar-refractivity contribution is -0.116. The Morgan fingerprint density at radius 2 is 2.00 bits per heavy atom. The van der Waals surface area contributed by atoms with Gasteiger partial charge < -0.3 is 9.84 Å². The lowest BCUT2D eigenvalue weighted by atomic mass is 10.1. The number of benzene rings is 1. The van der Waals surface area contributed by atoms with Gasteiger partial charge in [0.1, 0.15) is 0 Å². The number of nitrogens with zero attached hydrogens (tertiary/aromatic N) is 5. The van der Waals surface area contributed by atoms with Crippen LogP contribution in [0.5, 0.6) is 0 Å². The van der Waals surface area contributed by atoms with Gasteiger partial charge in [0.2, 0.25) is 17.6 Å². The topological polar surface area (TPSA) is 98.7 Å². The highest BCUT2D eigenvalue weighted by Crippen LogP contribution is 2.20. The standard InChI is InChI=1S/C20H20N6O2/c1-12-4-6-14(7-5-12)19-23-18(28-25-19)9-8-17(27)22-15-10-16-13(2)24-26(3)20(16)21-11-15/h4-7,10-11H,8-9H2,1-3H3,(H,22,27). The highest BCUT2D eigenvalue weighted by atomic mass is 16.5. The third kappa shape index (κ3) is 3.62. The molecule has 28 heavy (non-hydrogen) atoms. The summed E-state index contributed by atoms with van der Waals surface area (Å²) in [5.74, 6) is 0.817. The van der Waals surface area contributed by atoms with Gasteiger partial charge in [-0.3, -0.25) is 9.48 Å². The largest absolute Gasteiger partial charge is 0.339 e. The van der Waals surface area contributed by atoms with E-state index in [0.717, 1.165) is 22.3 Å². The van der Waals surface area contributed by atoms with E-state index in [2.05, 4.69) is 25.5 Å². The first-order valence-corrected chi connectivity index (χ1v) is 8.98. The Morgan fingerprint density at radius 3 is 2.79 bits per heavy atom. The van der Waals surface area contributed by atoms with Crippen LogP contribution < -0.4 is 5.32 Å². The summed E-state index contributed by atoms with van der Waals surface area (Å²) in [5, 5.41) is 12.1. The fourth-order valence-corrected chi connectivity index (χ4v) is 3.00. The van der Waals surface area contributed by atoms with Gasteiger partial charge >= 0.3 is 0 Å². The molecule has 0 unspecified atom stereocenters. The van der Waals surface area contributed by atoms with Gasteiger partial charge in [0.05, 0.1) is 17.6 Å². The Hall–Kier alpha value is -3.55. The van der Waals surface area contributed by atoms with Crippen molar-refractivity contribution in [2.45, 2.75) is 26.7 Å². The van der Waals surface area contributed by atoms with Crippen LogP contribution in [0.2, 0.25) is 0 Å². The van der Waals surface area contributed by atoms with Gasteiger partial charge in [-0.15, -0.1) is 0 Å². The van der Waals surface area contributed by atoms with E-state index in [9.17, 15) is 4.79 Å². The monoisotopic (exact) mass is 376 g/mol. The van der Waals surface area contributed by atoms with Crippen molar-refractivity contribution in [2.75, 3.05) is 5.32 Å². The summed E-state index contributed by atoms with van der Waals surface area (Å²) in [5.41, 5.74) is 4.34. The summed E-state index contributed by atoms with van der Waals surface area (Å²) in [6.07, 6.45) is 2.23. The van der Waals surface area contributed by atoms with Crippen LogP contribution in [0, 0.1) is 13.8 Å². The zero-order chi connectivity index (χ0) is 19.7. The molecule has 0 spiro atoms. The Bertz CT molecular complexity index is 1140. The minimum Gasteiger partial charge on any atom is -0.339 e.